The number of carbonyl (C=O) groups excluding carboxylic acids is 2. The monoisotopic (exact) mass is 900 g/mol. The van der Waals surface area contributed by atoms with Crippen LogP contribution in [0.3, 0.4) is 0 Å². The second kappa shape index (κ2) is 49.2. The first-order valence-corrected chi connectivity index (χ1v) is 28.2. The van der Waals surface area contributed by atoms with Gasteiger partial charge in [-0.15, -0.1) is 0 Å². The van der Waals surface area contributed by atoms with Crippen molar-refractivity contribution in [1.82, 2.24) is 0 Å². The third kappa shape index (κ3) is 48.2. The molecule has 0 amide bonds. The highest BCUT2D eigenvalue weighted by atomic mass is 31.2. The van der Waals surface area contributed by atoms with Crippen LogP contribution in [0.1, 0.15) is 277 Å². The lowest BCUT2D eigenvalue weighted by atomic mass is 10.0. The normalized spacial score (nSPS) is 13.2. The number of rotatable bonds is 51. The lowest BCUT2D eigenvalue weighted by Gasteiger charge is -2.19. The van der Waals surface area contributed by atoms with E-state index in [1.165, 1.54) is 212 Å². The molecule has 3 N–H and O–H groups in total. The molecule has 9 nitrogen and oxygen atoms in total. The molecule has 0 aliphatic heterocycles. The van der Waals surface area contributed by atoms with E-state index in [4.69, 9.17) is 24.3 Å². The standard InChI is InChI=1S/C52H102NO8P/c1-3-5-7-9-11-13-15-17-19-21-23-24-25-27-29-31-33-35-37-39-41-43-45-52(55)61-50(49-60-62(56,57)59-47-46-53)48-58-51(54)44-42-40-38-36-34-32-30-28-26-22-20-18-16-14-12-10-8-6-4-2/h18,20,50H,3-17,19,21-49,53H2,1-2H3,(H,56,57)/b20-18+/t50-/m1/s1. The smallest absolute Gasteiger partial charge is 0.462 e. The highest BCUT2D eigenvalue weighted by Crippen LogP contribution is 2.43. The molecule has 0 fully saturated rings. The van der Waals surface area contributed by atoms with E-state index in [1.807, 2.05) is 0 Å². The number of carbonyl (C=O) groups is 2. The van der Waals surface area contributed by atoms with E-state index in [0.29, 0.717) is 6.42 Å². The van der Waals surface area contributed by atoms with Crippen molar-refractivity contribution < 1.29 is 37.6 Å². The molecule has 0 radical (unpaired) electrons. The number of phosphoric ester groups is 1. The maximum atomic E-state index is 12.7. The molecule has 368 valence electrons. The van der Waals surface area contributed by atoms with Gasteiger partial charge in [0.15, 0.2) is 6.10 Å². The van der Waals surface area contributed by atoms with Crippen LogP contribution in [-0.2, 0) is 32.7 Å². The average Bonchev–Trinajstić information content (AvgIpc) is 3.26. The van der Waals surface area contributed by atoms with Crippen LogP contribution >= 0.6 is 7.82 Å². The maximum Gasteiger partial charge on any atom is 0.472 e. The van der Waals surface area contributed by atoms with E-state index in [2.05, 4.69) is 26.0 Å². The minimum atomic E-state index is -4.38. The van der Waals surface area contributed by atoms with Gasteiger partial charge in [-0.3, -0.25) is 18.6 Å². The topological polar surface area (TPSA) is 134 Å². The number of unbranched alkanes of at least 4 members (excludes halogenated alkanes) is 36. The number of nitrogens with two attached hydrogens (primary N) is 1. The first-order valence-electron chi connectivity index (χ1n) is 26.7. The molecule has 0 rings (SSSR count). The Hall–Kier alpha value is -1.25. The van der Waals surface area contributed by atoms with Crippen LogP contribution in [0.4, 0.5) is 0 Å². The van der Waals surface area contributed by atoms with Crippen molar-refractivity contribution in [3.05, 3.63) is 12.2 Å². The lowest BCUT2D eigenvalue weighted by Crippen LogP contribution is -2.29. The summed E-state index contributed by atoms with van der Waals surface area (Å²) in [6.07, 6.45) is 53.9. The van der Waals surface area contributed by atoms with Gasteiger partial charge in [-0.05, 0) is 38.5 Å². The van der Waals surface area contributed by atoms with E-state index >= 15 is 0 Å². The van der Waals surface area contributed by atoms with E-state index in [0.717, 1.165) is 32.1 Å². The van der Waals surface area contributed by atoms with Gasteiger partial charge in [-0.25, -0.2) is 4.57 Å². The van der Waals surface area contributed by atoms with Crippen LogP contribution in [0, 0.1) is 0 Å². The minimum absolute atomic E-state index is 0.0565. The quantitative estimate of drug-likeness (QED) is 0.0265. The Balaban J connectivity index is 3.98. The van der Waals surface area contributed by atoms with Crippen molar-refractivity contribution in [2.45, 2.75) is 283 Å². The molecule has 1 unspecified atom stereocenters. The Morgan fingerprint density at radius 3 is 1.15 bits per heavy atom. The van der Waals surface area contributed by atoms with Gasteiger partial charge in [0.2, 0.25) is 0 Å². The van der Waals surface area contributed by atoms with Crippen LogP contribution in [0.25, 0.3) is 0 Å². The molecule has 0 aromatic heterocycles. The van der Waals surface area contributed by atoms with Gasteiger partial charge < -0.3 is 20.1 Å². The Bertz CT molecular complexity index is 1030. The van der Waals surface area contributed by atoms with E-state index < -0.39 is 26.5 Å². The van der Waals surface area contributed by atoms with Gasteiger partial charge in [0.25, 0.3) is 0 Å². The SMILES string of the molecule is CCCCCCCC/C=C/CCCCCCCCCCCC(=O)OC[C@H](COP(=O)(O)OCCN)OC(=O)CCCCCCCCCCCCCCCCCCCCCCCC. The number of esters is 2. The number of hydrogen-bond acceptors (Lipinski definition) is 8. The molecule has 0 heterocycles. The van der Waals surface area contributed by atoms with Gasteiger partial charge in [-0.2, -0.15) is 0 Å². The van der Waals surface area contributed by atoms with Gasteiger partial charge in [-0.1, -0.05) is 238 Å². The second-order valence-electron chi connectivity index (χ2n) is 18.1. The van der Waals surface area contributed by atoms with Crippen molar-refractivity contribution in [1.29, 1.82) is 0 Å². The van der Waals surface area contributed by atoms with Crippen LogP contribution < -0.4 is 5.73 Å². The zero-order chi connectivity index (χ0) is 45.3. The van der Waals surface area contributed by atoms with Gasteiger partial charge in [0, 0.05) is 19.4 Å². The molecule has 0 aromatic rings. The predicted octanol–water partition coefficient (Wildman–Crippen LogP) is 16.1. The van der Waals surface area contributed by atoms with Crippen molar-refractivity contribution in [3.8, 4) is 0 Å². The molecule has 0 saturated heterocycles. The number of ether oxygens (including phenoxy) is 2. The summed E-state index contributed by atoms with van der Waals surface area (Å²) in [7, 11) is -4.38. The summed E-state index contributed by atoms with van der Waals surface area (Å²) in [6, 6.07) is 0. The van der Waals surface area contributed by atoms with E-state index in [1.54, 1.807) is 0 Å². The summed E-state index contributed by atoms with van der Waals surface area (Å²) in [5, 5.41) is 0. The van der Waals surface area contributed by atoms with Gasteiger partial charge >= 0.3 is 19.8 Å². The molecule has 0 bridgehead atoms. The fraction of sp³-hybridized carbons (Fsp3) is 0.923. The highest BCUT2D eigenvalue weighted by Gasteiger charge is 2.26. The summed E-state index contributed by atoms with van der Waals surface area (Å²) in [6.45, 7) is 3.79. The summed E-state index contributed by atoms with van der Waals surface area (Å²) in [4.78, 5) is 35.1. The number of hydrogen-bond donors (Lipinski definition) is 2. The zero-order valence-electron chi connectivity index (χ0n) is 40.9. The largest absolute Gasteiger partial charge is 0.472 e. The van der Waals surface area contributed by atoms with Crippen LogP contribution in [-0.4, -0.2) is 49.3 Å². The molecule has 0 aromatic carbocycles. The Morgan fingerprint density at radius 2 is 0.790 bits per heavy atom. The maximum absolute atomic E-state index is 12.7. The van der Waals surface area contributed by atoms with Crippen molar-refractivity contribution in [2.75, 3.05) is 26.4 Å². The third-order valence-electron chi connectivity index (χ3n) is 11.9. The summed E-state index contributed by atoms with van der Waals surface area (Å²) < 4.78 is 33.0. The summed E-state index contributed by atoms with van der Waals surface area (Å²) in [5.41, 5.74) is 5.37. The predicted molar refractivity (Wildman–Crippen MR) is 261 cm³/mol. The fourth-order valence-electron chi connectivity index (χ4n) is 7.93. The molecule has 62 heavy (non-hydrogen) atoms. The van der Waals surface area contributed by atoms with Gasteiger partial charge in [0.05, 0.1) is 13.2 Å². The fourth-order valence-corrected chi connectivity index (χ4v) is 8.69. The number of allylic oxidation sites excluding steroid dienone is 2. The van der Waals surface area contributed by atoms with E-state index in [9.17, 15) is 19.0 Å². The lowest BCUT2D eigenvalue weighted by molar-refractivity contribution is -0.161. The molecular formula is C52H102NO8P. The third-order valence-corrected chi connectivity index (χ3v) is 12.9. The molecule has 0 aliphatic carbocycles. The Labute approximate surface area is 383 Å². The molecule has 10 heteroatoms. The summed E-state index contributed by atoms with van der Waals surface area (Å²) >= 11 is 0. The van der Waals surface area contributed by atoms with E-state index in [-0.39, 0.29) is 38.6 Å². The molecule has 2 atom stereocenters. The zero-order valence-corrected chi connectivity index (χ0v) is 41.8. The van der Waals surface area contributed by atoms with Gasteiger partial charge in [0.1, 0.15) is 6.61 Å². The van der Waals surface area contributed by atoms with Crippen molar-refractivity contribution in [2.24, 2.45) is 5.73 Å². The van der Waals surface area contributed by atoms with Crippen molar-refractivity contribution >= 4 is 19.8 Å². The first-order chi connectivity index (χ1) is 30.3. The molecule has 0 aliphatic rings. The van der Waals surface area contributed by atoms with Crippen LogP contribution in [0.15, 0.2) is 12.2 Å². The second-order valence-corrected chi connectivity index (χ2v) is 19.6. The van der Waals surface area contributed by atoms with Crippen LogP contribution in [0.5, 0.6) is 0 Å². The van der Waals surface area contributed by atoms with Crippen LogP contribution in [0.2, 0.25) is 0 Å². The average molecular weight is 900 g/mol. The highest BCUT2D eigenvalue weighted by molar-refractivity contribution is 7.47. The minimum Gasteiger partial charge on any atom is -0.462 e. The molecular weight excluding hydrogens is 798 g/mol. The molecule has 0 spiro atoms. The number of phosphoric acid groups is 1. The first kappa shape index (κ1) is 60.8. The molecule has 0 saturated carbocycles. The summed E-state index contributed by atoms with van der Waals surface area (Å²) in [5.74, 6) is -0.813. The Morgan fingerprint density at radius 1 is 0.468 bits per heavy atom. The Kier molecular flexibility index (Phi) is 48.2. The van der Waals surface area contributed by atoms with Crippen molar-refractivity contribution in [3.63, 3.8) is 0 Å².